The van der Waals surface area contributed by atoms with Crippen molar-refractivity contribution in [3.63, 3.8) is 0 Å². The van der Waals surface area contributed by atoms with E-state index in [9.17, 15) is 0 Å². The van der Waals surface area contributed by atoms with Crippen molar-refractivity contribution in [3.8, 4) is 0 Å². The zero-order valence-corrected chi connectivity index (χ0v) is 12.7. The zero-order valence-electron chi connectivity index (χ0n) is 11.9. The van der Waals surface area contributed by atoms with Crippen LogP contribution in [0.2, 0.25) is 0 Å². The van der Waals surface area contributed by atoms with E-state index in [0.717, 1.165) is 32.6 Å². The van der Waals surface area contributed by atoms with Crippen LogP contribution in [0, 0.1) is 0 Å². The highest BCUT2D eigenvalue weighted by molar-refractivity contribution is 7.10. The molecule has 3 rings (SSSR count). The van der Waals surface area contributed by atoms with E-state index in [0.29, 0.717) is 6.04 Å². The first-order valence-electron chi connectivity index (χ1n) is 7.31. The minimum atomic E-state index is 0.308. The van der Waals surface area contributed by atoms with E-state index in [1.807, 2.05) is 17.5 Å². The van der Waals surface area contributed by atoms with Crippen molar-refractivity contribution in [1.82, 2.24) is 15.2 Å². The number of piperazine rings is 1. The molecule has 0 saturated carbocycles. The summed E-state index contributed by atoms with van der Waals surface area (Å²) in [5.41, 5.74) is 2.48. The Balaban J connectivity index is 1.91. The molecule has 0 radical (unpaired) electrons. The van der Waals surface area contributed by atoms with E-state index in [2.05, 4.69) is 46.8 Å². The molecule has 1 fully saturated rings. The highest BCUT2D eigenvalue weighted by atomic mass is 32.1. The van der Waals surface area contributed by atoms with E-state index in [1.165, 1.54) is 16.1 Å². The Morgan fingerprint density at radius 1 is 1.30 bits per heavy atom. The lowest BCUT2D eigenvalue weighted by Gasteiger charge is -2.34. The van der Waals surface area contributed by atoms with Crippen molar-refractivity contribution < 1.29 is 0 Å². The molecule has 1 unspecified atom stereocenters. The van der Waals surface area contributed by atoms with Gasteiger partial charge in [0.05, 0.1) is 11.7 Å². The Bertz CT molecular complexity index is 515. The summed E-state index contributed by atoms with van der Waals surface area (Å²) in [6, 6.07) is 9.08. The van der Waals surface area contributed by atoms with Crippen LogP contribution in [0.1, 0.15) is 29.1 Å². The summed E-state index contributed by atoms with van der Waals surface area (Å²) in [4.78, 5) is 8.66. The van der Waals surface area contributed by atoms with Crippen molar-refractivity contribution in [2.24, 2.45) is 0 Å². The molecule has 20 heavy (non-hydrogen) atoms. The monoisotopic (exact) mass is 287 g/mol. The highest BCUT2D eigenvalue weighted by Crippen LogP contribution is 2.30. The van der Waals surface area contributed by atoms with Gasteiger partial charge in [0, 0.05) is 37.3 Å². The fraction of sp³-hybridized carbons (Fsp3) is 0.438. The quantitative estimate of drug-likeness (QED) is 0.937. The predicted octanol–water partition coefficient (Wildman–Crippen LogP) is 2.70. The number of aryl methyl sites for hydroxylation is 1. The lowest BCUT2D eigenvalue weighted by molar-refractivity contribution is 0.198. The summed E-state index contributed by atoms with van der Waals surface area (Å²) in [6.45, 7) is 6.47. The van der Waals surface area contributed by atoms with Gasteiger partial charge in [-0.1, -0.05) is 19.1 Å². The molecule has 0 aromatic carbocycles. The number of thiophene rings is 1. The average molecular weight is 287 g/mol. The van der Waals surface area contributed by atoms with Crippen molar-refractivity contribution in [1.29, 1.82) is 0 Å². The van der Waals surface area contributed by atoms with Crippen LogP contribution in [-0.2, 0) is 6.42 Å². The lowest BCUT2D eigenvalue weighted by Crippen LogP contribution is -2.45. The van der Waals surface area contributed by atoms with Gasteiger partial charge < -0.3 is 5.32 Å². The largest absolute Gasteiger partial charge is 0.314 e. The predicted molar refractivity (Wildman–Crippen MR) is 84.2 cm³/mol. The van der Waals surface area contributed by atoms with Crippen LogP contribution >= 0.6 is 11.3 Å². The second kappa shape index (κ2) is 6.48. The van der Waals surface area contributed by atoms with Crippen LogP contribution in [-0.4, -0.2) is 36.1 Å². The van der Waals surface area contributed by atoms with Gasteiger partial charge in [0.1, 0.15) is 0 Å². The number of hydrogen-bond acceptors (Lipinski definition) is 4. The van der Waals surface area contributed by atoms with Crippen LogP contribution in [0.4, 0.5) is 0 Å². The number of pyridine rings is 1. The van der Waals surface area contributed by atoms with Crippen LogP contribution in [0.3, 0.4) is 0 Å². The summed E-state index contributed by atoms with van der Waals surface area (Å²) in [7, 11) is 0. The molecule has 106 valence electrons. The molecule has 1 aliphatic rings. The fourth-order valence-corrected chi connectivity index (χ4v) is 3.58. The topological polar surface area (TPSA) is 28.2 Å². The Morgan fingerprint density at radius 2 is 2.15 bits per heavy atom. The number of hydrogen-bond donors (Lipinski definition) is 1. The maximum Gasteiger partial charge on any atom is 0.0870 e. The first kappa shape index (κ1) is 13.7. The molecule has 4 heteroatoms. The smallest absolute Gasteiger partial charge is 0.0870 e. The number of aromatic nitrogens is 1. The third-order valence-corrected chi connectivity index (χ3v) is 4.79. The summed E-state index contributed by atoms with van der Waals surface area (Å²) < 4.78 is 0. The summed E-state index contributed by atoms with van der Waals surface area (Å²) in [5, 5.41) is 5.58. The van der Waals surface area contributed by atoms with E-state index >= 15 is 0 Å². The standard InChI is InChI=1S/C16H21N3S/c1-2-13-5-6-14(18-12-13)16(15-4-3-11-20-15)19-9-7-17-8-10-19/h3-6,11-12,16-17H,2,7-10H2,1H3. The van der Waals surface area contributed by atoms with Crippen molar-refractivity contribution in [2.75, 3.05) is 26.2 Å². The summed E-state index contributed by atoms with van der Waals surface area (Å²) >= 11 is 1.83. The van der Waals surface area contributed by atoms with Crippen molar-refractivity contribution in [2.45, 2.75) is 19.4 Å². The molecule has 0 spiro atoms. The molecule has 2 aromatic heterocycles. The second-order valence-electron chi connectivity index (χ2n) is 5.15. The van der Waals surface area contributed by atoms with E-state index in [4.69, 9.17) is 4.98 Å². The molecular weight excluding hydrogens is 266 g/mol. The SMILES string of the molecule is CCc1ccc(C(c2cccs2)N2CCNCC2)nc1. The van der Waals surface area contributed by atoms with E-state index in [1.54, 1.807) is 0 Å². The molecule has 1 saturated heterocycles. The fourth-order valence-electron chi connectivity index (χ4n) is 2.71. The Hall–Kier alpha value is -1.23. The normalized spacial score (nSPS) is 18.1. The maximum absolute atomic E-state index is 4.73. The number of nitrogens with zero attached hydrogens (tertiary/aromatic N) is 2. The zero-order chi connectivity index (χ0) is 13.8. The minimum absolute atomic E-state index is 0.308. The minimum Gasteiger partial charge on any atom is -0.314 e. The number of nitrogens with one attached hydrogen (secondary N) is 1. The van der Waals surface area contributed by atoms with Crippen LogP contribution in [0.15, 0.2) is 35.8 Å². The molecule has 3 nitrogen and oxygen atoms in total. The van der Waals surface area contributed by atoms with Gasteiger partial charge in [-0.3, -0.25) is 9.88 Å². The first-order valence-corrected chi connectivity index (χ1v) is 8.19. The Morgan fingerprint density at radius 3 is 2.75 bits per heavy atom. The molecule has 1 aliphatic heterocycles. The van der Waals surface area contributed by atoms with E-state index in [-0.39, 0.29) is 0 Å². The second-order valence-corrected chi connectivity index (χ2v) is 6.13. The van der Waals surface area contributed by atoms with Gasteiger partial charge in [-0.05, 0) is 29.5 Å². The molecule has 2 aromatic rings. The molecule has 1 N–H and O–H groups in total. The lowest BCUT2D eigenvalue weighted by atomic mass is 10.1. The third-order valence-electron chi connectivity index (χ3n) is 3.87. The van der Waals surface area contributed by atoms with Gasteiger partial charge in [-0.15, -0.1) is 11.3 Å². The van der Waals surface area contributed by atoms with E-state index < -0.39 is 0 Å². The van der Waals surface area contributed by atoms with Crippen molar-refractivity contribution in [3.05, 3.63) is 52.0 Å². The molecule has 0 amide bonds. The third kappa shape index (κ3) is 2.92. The van der Waals surface area contributed by atoms with Gasteiger partial charge in [-0.25, -0.2) is 0 Å². The maximum atomic E-state index is 4.73. The van der Waals surface area contributed by atoms with Crippen molar-refractivity contribution >= 4 is 11.3 Å². The highest BCUT2D eigenvalue weighted by Gasteiger charge is 2.25. The van der Waals surface area contributed by atoms with Crippen LogP contribution in [0.25, 0.3) is 0 Å². The molecule has 0 bridgehead atoms. The molecular formula is C16H21N3S. The van der Waals surface area contributed by atoms with Gasteiger partial charge in [0.15, 0.2) is 0 Å². The number of rotatable bonds is 4. The van der Waals surface area contributed by atoms with Gasteiger partial charge >= 0.3 is 0 Å². The van der Waals surface area contributed by atoms with Crippen LogP contribution in [0.5, 0.6) is 0 Å². The van der Waals surface area contributed by atoms with Crippen LogP contribution < -0.4 is 5.32 Å². The Kier molecular flexibility index (Phi) is 4.45. The van der Waals surface area contributed by atoms with Gasteiger partial charge in [0.2, 0.25) is 0 Å². The summed E-state index contributed by atoms with van der Waals surface area (Å²) in [6.07, 6.45) is 3.07. The van der Waals surface area contributed by atoms with Gasteiger partial charge in [-0.2, -0.15) is 0 Å². The first-order chi connectivity index (χ1) is 9.88. The molecule has 1 atom stereocenters. The summed E-state index contributed by atoms with van der Waals surface area (Å²) in [5.74, 6) is 0. The van der Waals surface area contributed by atoms with Gasteiger partial charge in [0.25, 0.3) is 0 Å². The molecule has 3 heterocycles. The Labute approximate surface area is 124 Å². The molecule has 0 aliphatic carbocycles. The average Bonchev–Trinajstić information content (AvgIpc) is 3.03.